The number of methoxy groups -OCH3 is 1. The van der Waals surface area contributed by atoms with Gasteiger partial charge < -0.3 is 9.26 Å². The smallest absolute Gasteiger partial charge is 0.314 e. The van der Waals surface area contributed by atoms with Gasteiger partial charge >= 0.3 is 4.84 Å². The van der Waals surface area contributed by atoms with E-state index in [4.69, 9.17) is 21.5 Å². The highest BCUT2D eigenvalue weighted by atomic mass is 32.1. The number of ether oxygens (including phenoxy) is 1. The molecule has 1 heterocycles. The molecule has 0 fully saturated rings. The van der Waals surface area contributed by atoms with Crippen molar-refractivity contribution in [2.75, 3.05) is 7.11 Å². The van der Waals surface area contributed by atoms with Gasteiger partial charge in [-0.1, -0.05) is 20.8 Å². The monoisotopic (exact) mass is 202 g/mol. The fourth-order valence-electron chi connectivity index (χ4n) is 1.23. The average Bonchev–Trinajstić information content (AvgIpc) is 2.34. The maximum Gasteiger partial charge on any atom is 0.314 e. The standard InChI is InChI=1S/C8H14N2O2S/c1-8(2,3)5(11-4)6-9-7(13)12-10-6/h5H,1-4H3,(H,9,10,13). The fourth-order valence-corrected chi connectivity index (χ4v) is 1.37. The van der Waals surface area contributed by atoms with Crippen LogP contribution in [0.2, 0.25) is 0 Å². The summed E-state index contributed by atoms with van der Waals surface area (Å²) >= 11 is 4.76. The summed E-state index contributed by atoms with van der Waals surface area (Å²) in [6.45, 7) is 6.19. The van der Waals surface area contributed by atoms with Gasteiger partial charge in [0.05, 0.1) is 0 Å². The summed E-state index contributed by atoms with van der Waals surface area (Å²) in [6.07, 6.45) is -0.132. The number of rotatable bonds is 2. The molecular formula is C8H14N2O2S. The topological polar surface area (TPSA) is 51.1 Å². The van der Waals surface area contributed by atoms with Crippen molar-refractivity contribution in [3.63, 3.8) is 0 Å². The number of nitrogens with zero attached hydrogens (tertiary/aromatic N) is 1. The van der Waals surface area contributed by atoms with Crippen molar-refractivity contribution in [1.82, 2.24) is 10.1 Å². The van der Waals surface area contributed by atoms with Gasteiger partial charge in [0, 0.05) is 7.11 Å². The van der Waals surface area contributed by atoms with Gasteiger partial charge in [-0.2, -0.15) is 4.98 Å². The van der Waals surface area contributed by atoms with Crippen molar-refractivity contribution in [3.05, 3.63) is 10.7 Å². The summed E-state index contributed by atoms with van der Waals surface area (Å²) in [5, 5.41) is 2.65. The van der Waals surface area contributed by atoms with Crippen LogP contribution in [-0.2, 0) is 4.74 Å². The number of aromatic amines is 1. The summed E-state index contributed by atoms with van der Waals surface area (Å²) in [5.41, 5.74) is -0.0378. The summed E-state index contributed by atoms with van der Waals surface area (Å²) in [7, 11) is 1.64. The lowest BCUT2D eigenvalue weighted by Crippen LogP contribution is -2.21. The molecule has 0 aliphatic rings. The van der Waals surface area contributed by atoms with E-state index in [0.29, 0.717) is 5.82 Å². The molecule has 4 nitrogen and oxygen atoms in total. The normalized spacial score (nSPS) is 14.5. The van der Waals surface area contributed by atoms with E-state index in [1.807, 2.05) is 0 Å². The van der Waals surface area contributed by atoms with Crippen molar-refractivity contribution < 1.29 is 9.26 Å². The number of hydrogen-bond donors (Lipinski definition) is 1. The third kappa shape index (κ3) is 2.38. The van der Waals surface area contributed by atoms with Gasteiger partial charge in [0.15, 0.2) is 5.82 Å². The van der Waals surface area contributed by atoms with Crippen molar-refractivity contribution in [2.24, 2.45) is 5.41 Å². The van der Waals surface area contributed by atoms with Gasteiger partial charge in [0.1, 0.15) is 6.10 Å². The second-order valence-electron chi connectivity index (χ2n) is 3.95. The lowest BCUT2D eigenvalue weighted by Gasteiger charge is -2.26. The molecule has 0 aliphatic carbocycles. The highest BCUT2D eigenvalue weighted by molar-refractivity contribution is 7.71. The van der Waals surface area contributed by atoms with E-state index in [1.54, 1.807) is 7.11 Å². The van der Waals surface area contributed by atoms with Gasteiger partial charge in [0.25, 0.3) is 0 Å². The molecule has 0 spiro atoms. The highest BCUT2D eigenvalue weighted by Crippen LogP contribution is 2.33. The average molecular weight is 202 g/mol. The summed E-state index contributed by atoms with van der Waals surface area (Å²) in [5.74, 6) is 0.639. The molecule has 0 aliphatic heterocycles. The molecule has 1 N–H and O–H groups in total. The van der Waals surface area contributed by atoms with Gasteiger partial charge in [-0.3, -0.25) is 0 Å². The van der Waals surface area contributed by atoms with E-state index in [0.717, 1.165) is 0 Å². The first-order chi connectivity index (χ1) is 5.95. The van der Waals surface area contributed by atoms with Crippen LogP contribution in [-0.4, -0.2) is 17.3 Å². The lowest BCUT2D eigenvalue weighted by molar-refractivity contribution is 0.00718. The Hall–Kier alpha value is -0.680. The van der Waals surface area contributed by atoms with Gasteiger partial charge in [-0.25, -0.2) is 5.16 Å². The molecular weight excluding hydrogens is 188 g/mol. The zero-order valence-electron chi connectivity index (χ0n) is 8.25. The van der Waals surface area contributed by atoms with E-state index in [-0.39, 0.29) is 16.4 Å². The van der Waals surface area contributed by atoms with Crippen LogP contribution in [0.1, 0.15) is 32.7 Å². The SMILES string of the molecule is COC(c1nc(=S)o[nH]1)C(C)(C)C. The quantitative estimate of drug-likeness (QED) is 0.748. The van der Waals surface area contributed by atoms with Crippen molar-refractivity contribution in [2.45, 2.75) is 26.9 Å². The molecule has 0 saturated heterocycles. The molecule has 1 unspecified atom stereocenters. The molecule has 0 aromatic carbocycles. The Kier molecular flexibility index (Phi) is 2.87. The molecule has 1 atom stereocenters. The minimum absolute atomic E-state index is 0.0378. The first kappa shape index (κ1) is 10.4. The first-order valence-corrected chi connectivity index (χ1v) is 4.44. The molecule has 0 saturated carbocycles. The number of nitrogens with one attached hydrogen (secondary N) is 1. The van der Waals surface area contributed by atoms with Gasteiger partial charge in [-0.15, -0.1) is 0 Å². The summed E-state index contributed by atoms with van der Waals surface area (Å²) in [6, 6.07) is 0. The maximum absolute atomic E-state index is 5.31. The minimum atomic E-state index is -0.132. The molecule has 0 bridgehead atoms. The van der Waals surface area contributed by atoms with Gasteiger partial charge in [0.2, 0.25) is 0 Å². The molecule has 1 aromatic heterocycles. The van der Waals surface area contributed by atoms with E-state index in [2.05, 4.69) is 30.9 Å². The van der Waals surface area contributed by atoms with Crippen molar-refractivity contribution in [1.29, 1.82) is 0 Å². The Morgan fingerprint density at radius 1 is 1.54 bits per heavy atom. The van der Waals surface area contributed by atoms with Crippen LogP contribution in [0.4, 0.5) is 0 Å². The van der Waals surface area contributed by atoms with Crippen LogP contribution in [0, 0.1) is 10.3 Å². The Labute approximate surface area is 82.3 Å². The highest BCUT2D eigenvalue weighted by Gasteiger charge is 2.28. The fraction of sp³-hybridized carbons (Fsp3) is 0.750. The van der Waals surface area contributed by atoms with Crippen LogP contribution in [0.3, 0.4) is 0 Å². The molecule has 1 rings (SSSR count). The van der Waals surface area contributed by atoms with Crippen molar-refractivity contribution >= 4 is 12.2 Å². The van der Waals surface area contributed by atoms with Crippen LogP contribution in [0.5, 0.6) is 0 Å². The molecule has 0 amide bonds. The Bertz CT molecular complexity index is 323. The van der Waals surface area contributed by atoms with E-state index in [9.17, 15) is 0 Å². The van der Waals surface area contributed by atoms with Gasteiger partial charge in [-0.05, 0) is 17.6 Å². The summed E-state index contributed by atoms with van der Waals surface area (Å²) < 4.78 is 10.2. The second-order valence-corrected chi connectivity index (χ2v) is 4.30. The zero-order chi connectivity index (χ0) is 10.1. The largest absolute Gasteiger partial charge is 0.373 e. The second kappa shape index (κ2) is 3.59. The minimum Gasteiger partial charge on any atom is -0.373 e. The van der Waals surface area contributed by atoms with E-state index in [1.165, 1.54) is 0 Å². The van der Waals surface area contributed by atoms with Crippen LogP contribution >= 0.6 is 12.2 Å². The third-order valence-electron chi connectivity index (χ3n) is 1.73. The number of H-pyrrole nitrogens is 1. The molecule has 1 aromatic rings. The zero-order valence-corrected chi connectivity index (χ0v) is 9.07. The molecule has 74 valence electrons. The predicted molar refractivity (Wildman–Crippen MR) is 50.9 cm³/mol. The maximum atomic E-state index is 5.31. The van der Waals surface area contributed by atoms with Crippen LogP contribution in [0.15, 0.2) is 4.52 Å². The van der Waals surface area contributed by atoms with Crippen molar-refractivity contribution in [3.8, 4) is 0 Å². The molecule has 0 radical (unpaired) electrons. The number of hydrogen-bond acceptors (Lipinski definition) is 4. The van der Waals surface area contributed by atoms with E-state index < -0.39 is 0 Å². The Morgan fingerprint density at radius 2 is 2.15 bits per heavy atom. The predicted octanol–water partition coefficient (Wildman–Crippen LogP) is 2.47. The Balaban J connectivity index is 2.97. The summed E-state index contributed by atoms with van der Waals surface area (Å²) in [4.78, 5) is 4.23. The van der Waals surface area contributed by atoms with E-state index >= 15 is 0 Å². The molecule has 13 heavy (non-hydrogen) atoms. The van der Waals surface area contributed by atoms with Crippen LogP contribution in [0.25, 0.3) is 0 Å². The lowest BCUT2D eigenvalue weighted by atomic mass is 9.88. The third-order valence-corrected chi connectivity index (χ3v) is 1.90. The Morgan fingerprint density at radius 3 is 2.46 bits per heavy atom. The molecule has 5 heteroatoms. The van der Waals surface area contributed by atoms with Crippen LogP contribution < -0.4 is 0 Å². The first-order valence-electron chi connectivity index (χ1n) is 4.03. The number of aromatic nitrogens is 2.